The summed E-state index contributed by atoms with van der Waals surface area (Å²) in [6, 6.07) is 16.8. The third kappa shape index (κ3) is 3.26. The highest BCUT2D eigenvalue weighted by atomic mass is 32.2. The minimum absolute atomic E-state index is 0.104. The van der Waals surface area contributed by atoms with Gasteiger partial charge in [0.1, 0.15) is 5.69 Å². The van der Waals surface area contributed by atoms with Crippen molar-refractivity contribution in [3.8, 4) is 28.3 Å². The van der Waals surface area contributed by atoms with E-state index in [1.165, 1.54) is 11.8 Å². The molecule has 138 valence electrons. The lowest BCUT2D eigenvalue weighted by atomic mass is 9.97. The van der Waals surface area contributed by atoms with Crippen LogP contribution in [0.15, 0.2) is 53.6 Å². The number of aromatic nitrogens is 1. The molecule has 0 unspecified atom stereocenters. The summed E-state index contributed by atoms with van der Waals surface area (Å²) in [5, 5.41) is 19.7. The Kier molecular flexibility index (Phi) is 5.54. The highest BCUT2D eigenvalue weighted by Crippen LogP contribution is 2.44. The molecule has 28 heavy (non-hydrogen) atoms. The van der Waals surface area contributed by atoms with E-state index in [0.29, 0.717) is 27.4 Å². The van der Waals surface area contributed by atoms with Crippen molar-refractivity contribution in [2.45, 2.75) is 11.9 Å². The van der Waals surface area contributed by atoms with Gasteiger partial charge in [-0.2, -0.15) is 5.26 Å². The van der Waals surface area contributed by atoms with Crippen LogP contribution in [0.25, 0.3) is 27.1 Å². The van der Waals surface area contributed by atoms with Crippen molar-refractivity contribution in [1.82, 2.24) is 4.57 Å². The molecule has 0 radical (unpaired) electrons. The fourth-order valence-corrected chi connectivity index (χ4v) is 4.07. The fraction of sp³-hybridized carbons (Fsp3) is 0.136. The van der Waals surface area contributed by atoms with E-state index in [2.05, 4.69) is 10.9 Å². The maximum atomic E-state index is 11.9. The van der Waals surface area contributed by atoms with E-state index in [9.17, 15) is 15.2 Å². The molecule has 0 fully saturated rings. The molecule has 0 amide bonds. The zero-order valence-corrected chi connectivity index (χ0v) is 16.2. The predicted octanol–water partition coefficient (Wildman–Crippen LogP) is 5.59. The lowest BCUT2D eigenvalue weighted by molar-refractivity contribution is 0.0686. The van der Waals surface area contributed by atoms with E-state index >= 15 is 0 Å². The van der Waals surface area contributed by atoms with Gasteiger partial charge in [-0.15, -0.1) is 11.8 Å². The SMILES string of the molecule is [C-]#[N+]c1c(-c2ccc(-c3ccccc3C#N)cc2)c(C(=O)O)n(C)c1SCC. The van der Waals surface area contributed by atoms with Gasteiger partial charge in [0.05, 0.1) is 23.2 Å². The molecule has 0 spiro atoms. The molecule has 1 N–H and O–H groups in total. The zero-order valence-electron chi connectivity index (χ0n) is 15.4. The molecule has 6 heteroatoms. The van der Waals surface area contributed by atoms with Crippen molar-refractivity contribution in [3.05, 3.63) is 71.2 Å². The number of rotatable bonds is 5. The summed E-state index contributed by atoms with van der Waals surface area (Å²) in [5.74, 6) is -0.327. The fourth-order valence-electron chi connectivity index (χ4n) is 3.23. The number of hydrogen-bond acceptors (Lipinski definition) is 3. The standard InChI is InChI=1S/C22H17N3O2S/c1-4-28-21-19(24-2)18(20(22(26)27)25(21)3)15-11-9-14(10-12-15)17-8-6-5-7-16(17)13-23/h5-12H,4H2,1,3H3,(H,26,27). The van der Waals surface area contributed by atoms with E-state index < -0.39 is 5.97 Å². The van der Waals surface area contributed by atoms with E-state index in [0.717, 1.165) is 16.9 Å². The molecular formula is C22H17N3O2S. The summed E-state index contributed by atoms with van der Waals surface area (Å²) in [6.07, 6.45) is 0. The monoisotopic (exact) mass is 387 g/mol. The topological polar surface area (TPSA) is 70.4 Å². The van der Waals surface area contributed by atoms with Gasteiger partial charge in [0.15, 0.2) is 0 Å². The molecule has 3 rings (SSSR count). The summed E-state index contributed by atoms with van der Waals surface area (Å²) in [6.45, 7) is 9.57. The number of nitrogens with zero attached hydrogens (tertiary/aromatic N) is 3. The number of carboxylic acids is 1. The normalized spacial score (nSPS) is 10.3. The first-order valence-electron chi connectivity index (χ1n) is 8.59. The van der Waals surface area contributed by atoms with E-state index in [1.54, 1.807) is 29.8 Å². The van der Waals surface area contributed by atoms with E-state index in [4.69, 9.17) is 6.57 Å². The van der Waals surface area contributed by atoms with Crippen LogP contribution < -0.4 is 0 Å². The first-order valence-corrected chi connectivity index (χ1v) is 9.58. The Bertz CT molecular complexity index is 1130. The first-order chi connectivity index (χ1) is 13.5. The van der Waals surface area contributed by atoms with Gasteiger partial charge < -0.3 is 9.67 Å². The molecule has 1 aromatic heterocycles. The highest BCUT2D eigenvalue weighted by molar-refractivity contribution is 7.99. The number of carboxylic acid groups (broad SMARTS) is 1. The van der Waals surface area contributed by atoms with Gasteiger partial charge in [0, 0.05) is 12.6 Å². The van der Waals surface area contributed by atoms with Crippen molar-refractivity contribution in [2.24, 2.45) is 7.05 Å². The van der Waals surface area contributed by atoms with Crippen LogP contribution in [0.4, 0.5) is 5.69 Å². The molecule has 0 aliphatic heterocycles. The maximum Gasteiger partial charge on any atom is 0.351 e. The molecular weight excluding hydrogens is 370 g/mol. The number of hydrogen-bond donors (Lipinski definition) is 1. The summed E-state index contributed by atoms with van der Waals surface area (Å²) in [5.41, 5.74) is 3.81. The average molecular weight is 387 g/mol. The zero-order chi connectivity index (χ0) is 20.3. The van der Waals surface area contributed by atoms with Crippen LogP contribution in [0, 0.1) is 17.9 Å². The molecule has 0 saturated heterocycles. The number of nitriles is 1. The van der Waals surface area contributed by atoms with E-state index in [1.807, 2.05) is 37.3 Å². The highest BCUT2D eigenvalue weighted by Gasteiger charge is 2.26. The van der Waals surface area contributed by atoms with Crippen LogP contribution >= 0.6 is 11.8 Å². The number of aromatic carboxylic acids is 1. The molecule has 0 atom stereocenters. The molecule has 0 bridgehead atoms. The Hall–Kier alpha value is -3.48. The lowest BCUT2D eigenvalue weighted by Gasteiger charge is -2.08. The second-order valence-corrected chi connectivity index (χ2v) is 7.27. The molecule has 5 nitrogen and oxygen atoms in total. The van der Waals surface area contributed by atoms with Crippen molar-refractivity contribution in [3.63, 3.8) is 0 Å². The van der Waals surface area contributed by atoms with Gasteiger partial charge >= 0.3 is 5.97 Å². The van der Waals surface area contributed by atoms with Crippen molar-refractivity contribution in [2.75, 3.05) is 5.75 Å². The van der Waals surface area contributed by atoms with Gasteiger partial charge in [0.25, 0.3) is 0 Å². The summed E-state index contributed by atoms with van der Waals surface area (Å²) < 4.78 is 1.58. The number of thioether (sulfide) groups is 1. The van der Waals surface area contributed by atoms with Gasteiger partial charge in [-0.25, -0.2) is 9.64 Å². The Balaban J connectivity index is 2.17. The molecule has 3 aromatic rings. The summed E-state index contributed by atoms with van der Waals surface area (Å²) in [4.78, 5) is 15.5. The second-order valence-electron chi connectivity index (χ2n) is 6.02. The lowest BCUT2D eigenvalue weighted by Crippen LogP contribution is -2.06. The third-order valence-electron chi connectivity index (χ3n) is 4.44. The molecule has 2 aromatic carbocycles. The predicted molar refractivity (Wildman–Crippen MR) is 111 cm³/mol. The van der Waals surface area contributed by atoms with Gasteiger partial charge in [-0.3, -0.25) is 0 Å². The maximum absolute atomic E-state index is 11.9. The largest absolute Gasteiger partial charge is 0.477 e. The molecule has 1 heterocycles. The van der Waals surface area contributed by atoms with Crippen molar-refractivity contribution < 1.29 is 9.90 Å². The van der Waals surface area contributed by atoms with E-state index in [-0.39, 0.29) is 5.69 Å². The Morgan fingerprint density at radius 1 is 1.21 bits per heavy atom. The Morgan fingerprint density at radius 2 is 1.86 bits per heavy atom. The minimum atomic E-state index is -1.07. The van der Waals surface area contributed by atoms with Crippen LogP contribution in [-0.4, -0.2) is 21.4 Å². The average Bonchev–Trinajstić information content (AvgIpc) is 3.00. The molecule has 0 saturated carbocycles. The second kappa shape index (κ2) is 8.04. The van der Waals surface area contributed by atoms with Crippen LogP contribution in [0.1, 0.15) is 23.0 Å². The smallest absolute Gasteiger partial charge is 0.351 e. The quantitative estimate of drug-likeness (QED) is 0.457. The first kappa shape index (κ1) is 19.3. The summed E-state index contributed by atoms with van der Waals surface area (Å²) >= 11 is 1.45. The van der Waals surface area contributed by atoms with Crippen LogP contribution in [0.2, 0.25) is 0 Å². The Morgan fingerprint density at radius 3 is 2.43 bits per heavy atom. The number of benzene rings is 2. The third-order valence-corrected chi connectivity index (χ3v) is 5.47. The van der Waals surface area contributed by atoms with Crippen LogP contribution in [-0.2, 0) is 7.05 Å². The molecule has 0 aliphatic carbocycles. The Labute approximate surface area is 167 Å². The number of carbonyl (C=O) groups is 1. The minimum Gasteiger partial charge on any atom is -0.477 e. The van der Waals surface area contributed by atoms with Crippen LogP contribution in [0.3, 0.4) is 0 Å². The van der Waals surface area contributed by atoms with Crippen molar-refractivity contribution in [1.29, 1.82) is 5.26 Å². The van der Waals surface area contributed by atoms with Crippen LogP contribution in [0.5, 0.6) is 0 Å². The van der Waals surface area contributed by atoms with Gasteiger partial charge in [0.2, 0.25) is 5.69 Å². The van der Waals surface area contributed by atoms with Gasteiger partial charge in [-0.05, 0) is 28.5 Å². The van der Waals surface area contributed by atoms with Gasteiger partial charge in [-0.1, -0.05) is 49.4 Å². The van der Waals surface area contributed by atoms with Crippen molar-refractivity contribution >= 4 is 23.4 Å². The molecule has 0 aliphatic rings. The summed E-state index contributed by atoms with van der Waals surface area (Å²) in [7, 11) is 1.68.